The van der Waals surface area contributed by atoms with Crippen LogP contribution in [0.2, 0.25) is 0 Å². The summed E-state index contributed by atoms with van der Waals surface area (Å²) in [5, 5.41) is 0.369. The average Bonchev–Trinajstić information content (AvgIpc) is 2.93. The molecule has 5 rings (SSSR count). The summed E-state index contributed by atoms with van der Waals surface area (Å²) >= 11 is 0. The molecule has 4 aromatic rings. The van der Waals surface area contributed by atoms with Crippen molar-refractivity contribution >= 4 is 16.7 Å². The molecule has 3 aromatic carbocycles. The average molecular weight is 488 g/mol. The number of ketones is 1. The van der Waals surface area contributed by atoms with E-state index in [1.165, 1.54) is 14.2 Å². The zero-order valence-electron chi connectivity index (χ0n) is 20.2. The van der Waals surface area contributed by atoms with Gasteiger partial charge in [0.1, 0.15) is 19.0 Å². The quantitative estimate of drug-likeness (QED) is 0.363. The van der Waals surface area contributed by atoms with Crippen LogP contribution in [0.25, 0.3) is 10.9 Å². The highest BCUT2D eigenvalue weighted by Crippen LogP contribution is 2.34. The van der Waals surface area contributed by atoms with Crippen molar-refractivity contribution in [2.45, 2.75) is 6.54 Å². The lowest BCUT2D eigenvalue weighted by molar-refractivity contribution is 0.103. The topological polar surface area (TPSA) is 85.2 Å². The molecule has 1 aliphatic rings. The monoisotopic (exact) mass is 487 g/mol. The van der Waals surface area contributed by atoms with E-state index in [4.69, 9.17) is 23.7 Å². The summed E-state index contributed by atoms with van der Waals surface area (Å²) in [6.07, 6.45) is 1.60. The summed E-state index contributed by atoms with van der Waals surface area (Å²) in [6, 6.07) is 15.9. The lowest BCUT2D eigenvalue weighted by Gasteiger charge is -2.21. The van der Waals surface area contributed by atoms with Crippen LogP contribution in [0.5, 0.6) is 28.7 Å². The van der Waals surface area contributed by atoms with Crippen LogP contribution < -0.4 is 29.1 Å². The van der Waals surface area contributed by atoms with Crippen LogP contribution >= 0.6 is 0 Å². The predicted octanol–water partition coefficient (Wildman–Crippen LogP) is 4.08. The number of carbonyl (C=O) groups excluding carboxylic acids is 1. The van der Waals surface area contributed by atoms with Crippen molar-refractivity contribution in [2.75, 3.05) is 34.5 Å². The van der Waals surface area contributed by atoms with Crippen molar-refractivity contribution < 1.29 is 28.5 Å². The van der Waals surface area contributed by atoms with Gasteiger partial charge in [-0.05, 0) is 42.0 Å². The number of pyridine rings is 1. The maximum atomic E-state index is 13.6. The Hall–Kier alpha value is -4.46. The van der Waals surface area contributed by atoms with Gasteiger partial charge in [-0.3, -0.25) is 9.59 Å². The maximum absolute atomic E-state index is 13.6. The van der Waals surface area contributed by atoms with Crippen LogP contribution in [0.15, 0.2) is 65.6 Å². The number of carbonyl (C=O) groups is 1. The van der Waals surface area contributed by atoms with E-state index in [1.54, 1.807) is 43.6 Å². The Labute approximate surface area is 207 Å². The molecule has 1 aliphatic heterocycles. The summed E-state index contributed by atoms with van der Waals surface area (Å²) < 4.78 is 29.3. The Balaban J connectivity index is 1.69. The maximum Gasteiger partial charge on any atom is 0.200 e. The number of ether oxygens (including phenoxy) is 5. The highest BCUT2D eigenvalue weighted by molar-refractivity contribution is 6.10. The van der Waals surface area contributed by atoms with Crippen LogP contribution in [0.4, 0.5) is 0 Å². The summed E-state index contributed by atoms with van der Waals surface area (Å²) in [5.41, 5.74) is 1.54. The number of hydrogen-bond donors (Lipinski definition) is 0. The van der Waals surface area contributed by atoms with Crippen molar-refractivity contribution in [3.05, 3.63) is 87.7 Å². The summed E-state index contributed by atoms with van der Waals surface area (Å²) in [7, 11) is 4.62. The van der Waals surface area contributed by atoms with Gasteiger partial charge in [0.25, 0.3) is 0 Å². The number of benzene rings is 3. The molecule has 0 fully saturated rings. The van der Waals surface area contributed by atoms with Crippen LogP contribution in [-0.2, 0) is 6.54 Å². The summed E-state index contributed by atoms with van der Waals surface area (Å²) in [4.78, 5) is 27.2. The summed E-state index contributed by atoms with van der Waals surface area (Å²) in [6.45, 7) is 1.22. The minimum Gasteiger partial charge on any atom is -0.497 e. The van der Waals surface area contributed by atoms with Gasteiger partial charge in [-0.1, -0.05) is 12.1 Å². The fourth-order valence-electron chi connectivity index (χ4n) is 4.32. The molecule has 0 atom stereocenters. The second-order valence-corrected chi connectivity index (χ2v) is 8.26. The van der Waals surface area contributed by atoms with Gasteiger partial charge in [-0.15, -0.1) is 0 Å². The van der Waals surface area contributed by atoms with Crippen LogP contribution in [0.3, 0.4) is 0 Å². The number of methoxy groups -OCH3 is 3. The fraction of sp³-hybridized carbons (Fsp3) is 0.214. The molecule has 0 amide bonds. The lowest BCUT2D eigenvalue weighted by Crippen LogP contribution is -2.21. The Morgan fingerprint density at radius 2 is 1.64 bits per heavy atom. The van der Waals surface area contributed by atoms with Crippen molar-refractivity contribution in [1.82, 2.24) is 4.57 Å². The summed E-state index contributed by atoms with van der Waals surface area (Å²) in [5.74, 6) is 2.24. The van der Waals surface area contributed by atoms with Crippen LogP contribution in [0, 0.1) is 0 Å². The van der Waals surface area contributed by atoms with Crippen LogP contribution in [0.1, 0.15) is 21.5 Å². The molecule has 2 heterocycles. The molecular formula is C28H25NO7. The molecule has 36 heavy (non-hydrogen) atoms. The van der Waals surface area contributed by atoms with E-state index in [0.29, 0.717) is 65.0 Å². The van der Waals surface area contributed by atoms with Crippen molar-refractivity contribution in [3.63, 3.8) is 0 Å². The molecule has 0 spiro atoms. The fourth-order valence-corrected chi connectivity index (χ4v) is 4.32. The molecule has 0 N–H and O–H groups in total. The van der Waals surface area contributed by atoms with Crippen LogP contribution in [-0.4, -0.2) is 44.9 Å². The Bertz CT molecular complexity index is 1520. The minimum absolute atomic E-state index is 0.0364. The van der Waals surface area contributed by atoms with Gasteiger partial charge in [0.05, 0.1) is 37.8 Å². The SMILES string of the molecule is COc1cccc(Cn2cc(C(=O)c3ccc(OC)c(OC)c3)c(=O)c3cc4c(cc32)OCCO4)c1. The highest BCUT2D eigenvalue weighted by Gasteiger charge is 2.22. The van der Waals surface area contributed by atoms with Gasteiger partial charge in [0.15, 0.2) is 28.8 Å². The Morgan fingerprint density at radius 3 is 2.36 bits per heavy atom. The second-order valence-electron chi connectivity index (χ2n) is 8.26. The number of rotatable bonds is 7. The first kappa shape index (κ1) is 23.3. The zero-order valence-corrected chi connectivity index (χ0v) is 20.2. The third-order valence-electron chi connectivity index (χ3n) is 6.12. The minimum atomic E-state index is -0.419. The van der Waals surface area contributed by atoms with Gasteiger partial charge in [0.2, 0.25) is 5.43 Å². The molecule has 0 saturated heterocycles. The zero-order chi connectivity index (χ0) is 25.2. The van der Waals surface area contributed by atoms with Gasteiger partial charge < -0.3 is 28.3 Å². The standard InChI is InChI=1S/C28H25NO7/c1-32-19-6-4-5-17(11-19)15-29-16-21(27(30)18-7-8-23(33-2)24(12-18)34-3)28(31)20-13-25-26(14-22(20)29)36-10-9-35-25/h4-8,11-14,16H,9-10,15H2,1-3H3. The van der Waals surface area contributed by atoms with Gasteiger partial charge in [0, 0.05) is 24.4 Å². The van der Waals surface area contributed by atoms with Crippen molar-refractivity contribution in [3.8, 4) is 28.7 Å². The van der Waals surface area contributed by atoms with E-state index in [1.807, 2.05) is 28.8 Å². The van der Waals surface area contributed by atoms with Crippen molar-refractivity contribution in [1.29, 1.82) is 0 Å². The third-order valence-corrected chi connectivity index (χ3v) is 6.12. The smallest absolute Gasteiger partial charge is 0.200 e. The Kier molecular flexibility index (Phi) is 6.25. The number of aromatic nitrogens is 1. The van der Waals surface area contributed by atoms with Gasteiger partial charge in [-0.25, -0.2) is 0 Å². The van der Waals surface area contributed by atoms with E-state index in [0.717, 1.165) is 5.56 Å². The molecule has 0 aliphatic carbocycles. The van der Waals surface area contributed by atoms with E-state index < -0.39 is 5.78 Å². The first-order chi connectivity index (χ1) is 17.5. The molecule has 0 radical (unpaired) electrons. The third kappa shape index (κ3) is 4.22. The molecular weight excluding hydrogens is 462 g/mol. The first-order valence-corrected chi connectivity index (χ1v) is 11.4. The van der Waals surface area contributed by atoms with E-state index in [-0.39, 0.29) is 11.0 Å². The first-order valence-electron chi connectivity index (χ1n) is 11.4. The normalized spacial score (nSPS) is 12.3. The van der Waals surface area contributed by atoms with E-state index in [9.17, 15) is 9.59 Å². The second kappa shape index (κ2) is 9.65. The lowest BCUT2D eigenvalue weighted by atomic mass is 10.0. The molecule has 184 valence electrons. The van der Waals surface area contributed by atoms with Crippen molar-refractivity contribution in [2.24, 2.45) is 0 Å². The highest BCUT2D eigenvalue weighted by atomic mass is 16.6. The molecule has 1 aromatic heterocycles. The molecule has 8 heteroatoms. The number of nitrogens with zero attached hydrogens (tertiary/aromatic N) is 1. The number of hydrogen-bond acceptors (Lipinski definition) is 7. The molecule has 0 saturated carbocycles. The molecule has 8 nitrogen and oxygen atoms in total. The van der Waals surface area contributed by atoms with E-state index >= 15 is 0 Å². The Morgan fingerprint density at radius 1 is 0.889 bits per heavy atom. The van der Waals surface area contributed by atoms with E-state index in [2.05, 4.69) is 0 Å². The largest absolute Gasteiger partial charge is 0.497 e. The molecule has 0 bridgehead atoms. The number of fused-ring (bicyclic) bond motifs is 2. The molecule has 0 unspecified atom stereocenters. The predicted molar refractivity (Wildman–Crippen MR) is 134 cm³/mol. The van der Waals surface area contributed by atoms with Gasteiger partial charge >= 0.3 is 0 Å². The van der Waals surface area contributed by atoms with Gasteiger partial charge in [-0.2, -0.15) is 0 Å².